The van der Waals surface area contributed by atoms with E-state index in [-0.39, 0.29) is 32.6 Å². The van der Waals surface area contributed by atoms with Gasteiger partial charge >= 0.3 is 19.8 Å². The van der Waals surface area contributed by atoms with E-state index in [0.717, 1.165) is 12.8 Å². The lowest BCUT2D eigenvalue weighted by molar-refractivity contribution is -0.160. The van der Waals surface area contributed by atoms with Crippen molar-refractivity contribution in [3.63, 3.8) is 0 Å². The molecule has 0 saturated carbocycles. The van der Waals surface area contributed by atoms with Crippen LogP contribution in [0, 0.1) is 0 Å². The number of phosphoric ester groups is 1. The van der Waals surface area contributed by atoms with Crippen molar-refractivity contribution < 1.29 is 37.6 Å². The van der Waals surface area contributed by atoms with Gasteiger partial charge in [-0.1, -0.05) is 38.2 Å². The van der Waals surface area contributed by atoms with Crippen molar-refractivity contribution in [3.05, 3.63) is 24.3 Å². The Kier molecular flexibility index (Phi) is 14.7. The predicted molar refractivity (Wildman–Crippen MR) is 99.7 cm³/mol. The molecule has 10 heteroatoms. The SMILES string of the molecule is CCC=CCC(=O)OC[C@H](COP(=O)(O)OCCN)OC(=O)CC=CCC. The number of carbonyl (C=O) groups is 2. The van der Waals surface area contributed by atoms with E-state index in [4.69, 9.17) is 19.7 Å². The second-order valence-electron chi connectivity index (χ2n) is 5.35. The van der Waals surface area contributed by atoms with Crippen LogP contribution in [0.1, 0.15) is 39.5 Å². The standard InChI is InChI=1S/C17H30NO8P/c1-3-5-7-9-16(19)23-13-15(26-17(20)10-8-6-4-2)14-25-27(21,22)24-12-11-18/h5-8,15H,3-4,9-14,18H2,1-2H3,(H,21,22)/t15-/m1/s1. The second-order valence-corrected chi connectivity index (χ2v) is 6.80. The highest BCUT2D eigenvalue weighted by Crippen LogP contribution is 2.43. The van der Waals surface area contributed by atoms with Crippen molar-refractivity contribution in [2.24, 2.45) is 5.73 Å². The van der Waals surface area contributed by atoms with Gasteiger partial charge in [-0.15, -0.1) is 0 Å². The monoisotopic (exact) mass is 407 g/mol. The average molecular weight is 407 g/mol. The Morgan fingerprint density at radius 3 is 2.15 bits per heavy atom. The van der Waals surface area contributed by atoms with Gasteiger partial charge in [0.1, 0.15) is 6.61 Å². The molecule has 0 rings (SSSR count). The van der Waals surface area contributed by atoms with Crippen LogP contribution in [0.2, 0.25) is 0 Å². The first-order valence-electron chi connectivity index (χ1n) is 8.81. The molecule has 2 atom stereocenters. The normalized spacial score (nSPS) is 15.0. The molecule has 9 nitrogen and oxygen atoms in total. The van der Waals surface area contributed by atoms with Gasteiger partial charge in [-0.25, -0.2) is 4.57 Å². The molecule has 1 unspecified atom stereocenters. The molecule has 156 valence electrons. The van der Waals surface area contributed by atoms with E-state index < -0.39 is 32.5 Å². The summed E-state index contributed by atoms with van der Waals surface area (Å²) in [7, 11) is -4.34. The van der Waals surface area contributed by atoms with Crippen molar-refractivity contribution in [2.75, 3.05) is 26.4 Å². The summed E-state index contributed by atoms with van der Waals surface area (Å²) in [5, 5.41) is 0. The number of phosphoric acid groups is 1. The Balaban J connectivity index is 4.66. The van der Waals surface area contributed by atoms with Gasteiger partial charge in [0, 0.05) is 6.54 Å². The molecule has 0 aromatic carbocycles. The van der Waals surface area contributed by atoms with E-state index in [2.05, 4.69) is 4.52 Å². The van der Waals surface area contributed by atoms with Gasteiger partial charge in [0.25, 0.3) is 0 Å². The average Bonchev–Trinajstić information content (AvgIpc) is 2.63. The topological polar surface area (TPSA) is 134 Å². The van der Waals surface area contributed by atoms with E-state index in [0.29, 0.717) is 0 Å². The lowest BCUT2D eigenvalue weighted by Crippen LogP contribution is -2.29. The number of hydrogen-bond acceptors (Lipinski definition) is 8. The van der Waals surface area contributed by atoms with Crippen LogP contribution in [0.5, 0.6) is 0 Å². The van der Waals surface area contributed by atoms with Gasteiger partial charge in [0.15, 0.2) is 6.10 Å². The number of allylic oxidation sites excluding steroid dienone is 2. The largest absolute Gasteiger partial charge is 0.472 e. The van der Waals surface area contributed by atoms with Crippen LogP contribution in [0.15, 0.2) is 24.3 Å². The maximum Gasteiger partial charge on any atom is 0.472 e. The fraction of sp³-hybridized carbons (Fsp3) is 0.647. The lowest BCUT2D eigenvalue weighted by Gasteiger charge is -2.19. The number of rotatable bonds is 15. The summed E-state index contributed by atoms with van der Waals surface area (Å²) in [4.78, 5) is 33.0. The van der Waals surface area contributed by atoms with Crippen LogP contribution in [-0.2, 0) is 32.7 Å². The maximum atomic E-state index is 11.8. The minimum atomic E-state index is -4.34. The van der Waals surface area contributed by atoms with Gasteiger partial charge in [0.05, 0.1) is 26.1 Å². The Hall–Kier alpha value is -1.51. The fourth-order valence-corrected chi connectivity index (χ4v) is 2.44. The fourth-order valence-electron chi connectivity index (χ4n) is 1.67. The number of hydrogen-bond donors (Lipinski definition) is 2. The molecular weight excluding hydrogens is 377 g/mol. The Labute approximate surface area is 160 Å². The first kappa shape index (κ1) is 25.5. The molecule has 0 heterocycles. The molecule has 3 N–H and O–H groups in total. The van der Waals surface area contributed by atoms with Gasteiger partial charge in [-0.3, -0.25) is 18.6 Å². The summed E-state index contributed by atoms with van der Waals surface area (Å²) in [5.41, 5.74) is 5.19. The molecule has 0 bridgehead atoms. The highest BCUT2D eigenvalue weighted by molar-refractivity contribution is 7.47. The predicted octanol–water partition coefficient (Wildman–Crippen LogP) is 2.25. The van der Waals surface area contributed by atoms with Crippen LogP contribution < -0.4 is 5.73 Å². The number of esters is 2. The molecule has 0 fully saturated rings. The minimum Gasteiger partial charge on any atom is -0.461 e. The third kappa shape index (κ3) is 15.3. The van der Waals surface area contributed by atoms with Crippen LogP contribution in [-0.4, -0.2) is 49.3 Å². The Morgan fingerprint density at radius 1 is 1.00 bits per heavy atom. The minimum absolute atomic E-state index is 0.0258. The molecule has 0 amide bonds. The summed E-state index contributed by atoms with van der Waals surface area (Å²) >= 11 is 0. The zero-order chi connectivity index (χ0) is 20.5. The number of ether oxygens (including phenoxy) is 2. The Bertz CT molecular complexity index is 535. The molecule has 0 spiro atoms. The molecule has 0 aliphatic carbocycles. The molecule has 0 aromatic rings. The van der Waals surface area contributed by atoms with E-state index in [1.807, 2.05) is 19.9 Å². The van der Waals surface area contributed by atoms with Crippen molar-refractivity contribution in [2.45, 2.75) is 45.6 Å². The summed E-state index contributed by atoms with van der Waals surface area (Å²) < 4.78 is 31.2. The molecule has 0 radical (unpaired) electrons. The van der Waals surface area contributed by atoms with Crippen molar-refractivity contribution in [1.82, 2.24) is 0 Å². The van der Waals surface area contributed by atoms with Crippen molar-refractivity contribution >= 4 is 19.8 Å². The van der Waals surface area contributed by atoms with Crippen LogP contribution >= 0.6 is 7.82 Å². The molecule has 0 saturated heterocycles. The van der Waals surface area contributed by atoms with Crippen molar-refractivity contribution in [1.29, 1.82) is 0 Å². The van der Waals surface area contributed by atoms with Crippen LogP contribution in [0.3, 0.4) is 0 Å². The first-order chi connectivity index (χ1) is 12.8. The highest BCUT2D eigenvalue weighted by Gasteiger charge is 2.25. The zero-order valence-corrected chi connectivity index (χ0v) is 16.8. The van der Waals surface area contributed by atoms with E-state index in [1.54, 1.807) is 18.2 Å². The third-order valence-corrected chi connectivity index (χ3v) is 3.88. The van der Waals surface area contributed by atoms with Crippen LogP contribution in [0.4, 0.5) is 0 Å². The smallest absolute Gasteiger partial charge is 0.461 e. The maximum absolute atomic E-state index is 11.8. The molecule has 27 heavy (non-hydrogen) atoms. The van der Waals surface area contributed by atoms with Gasteiger partial charge in [0.2, 0.25) is 0 Å². The first-order valence-corrected chi connectivity index (χ1v) is 10.3. The van der Waals surface area contributed by atoms with E-state index in [1.165, 1.54) is 0 Å². The van der Waals surface area contributed by atoms with E-state index >= 15 is 0 Å². The number of nitrogens with two attached hydrogens (primary N) is 1. The zero-order valence-electron chi connectivity index (χ0n) is 15.9. The Morgan fingerprint density at radius 2 is 1.59 bits per heavy atom. The molecular formula is C17H30NO8P. The molecule has 0 aliphatic heterocycles. The summed E-state index contributed by atoms with van der Waals surface area (Å²) in [6.07, 6.45) is 7.55. The second kappa shape index (κ2) is 15.5. The van der Waals surface area contributed by atoms with Crippen molar-refractivity contribution in [3.8, 4) is 0 Å². The highest BCUT2D eigenvalue weighted by atomic mass is 31.2. The quantitative estimate of drug-likeness (QED) is 0.238. The third-order valence-electron chi connectivity index (χ3n) is 2.90. The van der Waals surface area contributed by atoms with Gasteiger partial charge in [-0.2, -0.15) is 0 Å². The lowest BCUT2D eigenvalue weighted by atomic mass is 10.3. The molecule has 0 aliphatic rings. The number of carbonyl (C=O) groups excluding carboxylic acids is 2. The summed E-state index contributed by atoms with van der Waals surface area (Å²) in [6.45, 7) is 2.95. The summed E-state index contributed by atoms with van der Waals surface area (Å²) in [6, 6.07) is 0. The van der Waals surface area contributed by atoms with Gasteiger partial charge < -0.3 is 20.1 Å². The van der Waals surface area contributed by atoms with E-state index in [9.17, 15) is 19.0 Å². The van der Waals surface area contributed by atoms with Crippen LogP contribution in [0.25, 0.3) is 0 Å². The molecule has 0 aromatic heterocycles. The van der Waals surface area contributed by atoms with Gasteiger partial charge in [-0.05, 0) is 12.8 Å². The summed E-state index contributed by atoms with van der Waals surface area (Å²) in [5.74, 6) is -1.09.